The van der Waals surface area contributed by atoms with Gasteiger partial charge < -0.3 is 11.1 Å². The number of anilines is 1. The molecule has 82 valence electrons. The van der Waals surface area contributed by atoms with E-state index in [1.54, 1.807) is 12.1 Å². The van der Waals surface area contributed by atoms with E-state index in [0.29, 0.717) is 17.8 Å². The predicted octanol–water partition coefficient (Wildman–Crippen LogP) is 0.813. The molecule has 1 aliphatic rings. The highest BCUT2D eigenvalue weighted by molar-refractivity contribution is 5.41. The van der Waals surface area contributed by atoms with E-state index in [-0.39, 0.29) is 5.82 Å². The Morgan fingerprint density at radius 2 is 2.07 bits per heavy atom. The Bertz CT molecular complexity index is 335. The van der Waals surface area contributed by atoms with Gasteiger partial charge in [-0.1, -0.05) is 0 Å². The first-order chi connectivity index (χ1) is 7.25. The van der Waals surface area contributed by atoms with E-state index >= 15 is 0 Å². The minimum Gasteiger partial charge on any atom is -0.399 e. The van der Waals surface area contributed by atoms with Gasteiger partial charge in [-0.2, -0.15) is 0 Å². The van der Waals surface area contributed by atoms with Crippen LogP contribution in [0.4, 0.5) is 10.1 Å². The van der Waals surface area contributed by atoms with Crippen LogP contribution in [0.5, 0.6) is 0 Å². The van der Waals surface area contributed by atoms with Crippen LogP contribution in [0.2, 0.25) is 0 Å². The SMILES string of the molecule is Nc1ccc(F)c(CN2CCNCC2)c1. The molecule has 3 N–H and O–H groups in total. The molecule has 1 aliphatic heterocycles. The average Bonchev–Trinajstić information content (AvgIpc) is 2.25. The van der Waals surface area contributed by atoms with Gasteiger partial charge in [0.1, 0.15) is 5.82 Å². The highest BCUT2D eigenvalue weighted by atomic mass is 19.1. The van der Waals surface area contributed by atoms with Crippen LogP contribution in [-0.4, -0.2) is 31.1 Å². The number of halogens is 1. The van der Waals surface area contributed by atoms with Crippen LogP contribution in [0.25, 0.3) is 0 Å². The molecule has 3 nitrogen and oxygen atoms in total. The highest BCUT2D eigenvalue weighted by Gasteiger charge is 2.12. The maximum atomic E-state index is 13.4. The number of nitrogens with zero attached hydrogens (tertiary/aromatic N) is 1. The number of hydrogen-bond donors (Lipinski definition) is 2. The Labute approximate surface area is 89.1 Å². The second-order valence-electron chi connectivity index (χ2n) is 3.88. The first-order valence-corrected chi connectivity index (χ1v) is 5.23. The largest absolute Gasteiger partial charge is 0.399 e. The quantitative estimate of drug-likeness (QED) is 0.708. The minimum atomic E-state index is -0.164. The Morgan fingerprint density at radius 3 is 2.80 bits per heavy atom. The third-order valence-corrected chi connectivity index (χ3v) is 2.67. The second-order valence-corrected chi connectivity index (χ2v) is 3.88. The summed E-state index contributed by atoms with van der Waals surface area (Å²) in [6.45, 7) is 4.54. The molecule has 0 aliphatic carbocycles. The van der Waals surface area contributed by atoms with Crippen molar-refractivity contribution in [3.8, 4) is 0 Å². The predicted molar refractivity (Wildman–Crippen MR) is 59.0 cm³/mol. The number of piperazine rings is 1. The van der Waals surface area contributed by atoms with E-state index in [1.807, 2.05) is 0 Å². The van der Waals surface area contributed by atoms with Crippen molar-refractivity contribution in [2.75, 3.05) is 31.9 Å². The summed E-state index contributed by atoms with van der Waals surface area (Å²) in [5.74, 6) is -0.164. The number of rotatable bonds is 2. The van der Waals surface area contributed by atoms with Crippen molar-refractivity contribution in [3.05, 3.63) is 29.6 Å². The van der Waals surface area contributed by atoms with Crippen molar-refractivity contribution < 1.29 is 4.39 Å². The van der Waals surface area contributed by atoms with Gasteiger partial charge in [0, 0.05) is 44.0 Å². The maximum absolute atomic E-state index is 13.4. The van der Waals surface area contributed by atoms with E-state index in [2.05, 4.69) is 10.2 Å². The molecule has 1 heterocycles. The van der Waals surface area contributed by atoms with Crippen LogP contribution >= 0.6 is 0 Å². The molecule has 0 bridgehead atoms. The number of hydrogen-bond acceptors (Lipinski definition) is 3. The number of benzene rings is 1. The van der Waals surface area contributed by atoms with E-state index in [9.17, 15) is 4.39 Å². The summed E-state index contributed by atoms with van der Waals surface area (Å²) < 4.78 is 13.4. The Morgan fingerprint density at radius 1 is 1.33 bits per heavy atom. The molecular weight excluding hydrogens is 193 g/mol. The molecule has 0 spiro atoms. The smallest absolute Gasteiger partial charge is 0.127 e. The normalized spacial score (nSPS) is 17.9. The first-order valence-electron chi connectivity index (χ1n) is 5.23. The van der Waals surface area contributed by atoms with Gasteiger partial charge in [-0.05, 0) is 18.2 Å². The molecule has 1 aromatic carbocycles. The number of nitrogen functional groups attached to an aromatic ring is 1. The fourth-order valence-electron chi connectivity index (χ4n) is 1.83. The molecule has 0 atom stereocenters. The third kappa shape index (κ3) is 2.67. The van der Waals surface area contributed by atoms with Crippen LogP contribution in [0, 0.1) is 5.82 Å². The molecule has 15 heavy (non-hydrogen) atoms. The fourth-order valence-corrected chi connectivity index (χ4v) is 1.83. The lowest BCUT2D eigenvalue weighted by molar-refractivity contribution is 0.230. The van der Waals surface area contributed by atoms with Crippen molar-refractivity contribution in [2.45, 2.75) is 6.54 Å². The molecule has 0 aromatic heterocycles. The van der Waals surface area contributed by atoms with Gasteiger partial charge in [0.2, 0.25) is 0 Å². The summed E-state index contributed by atoms with van der Waals surface area (Å²) in [6, 6.07) is 4.75. The van der Waals surface area contributed by atoms with E-state index in [1.165, 1.54) is 6.07 Å². The van der Waals surface area contributed by atoms with Gasteiger partial charge in [0.15, 0.2) is 0 Å². The second kappa shape index (κ2) is 4.59. The summed E-state index contributed by atoms with van der Waals surface area (Å²) in [4.78, 5) is 2.23. The fraction of sp³-hybridized carbons (Fsp3) is 0.455. The van der Waals surface area contributed by atoms with Gasteiger partial charge in [-0.3, -0.25) is 4.90 Å². The topological polar surface area (TPSA) is 41.3 Å². The van der Waals surface area contributed by atoms with Crippen molar-refractivity contribution in [2.24, 2.45) is 0 Å². The van der Waals surface area contributed by atoms with Crippen molar-refractivity contribution >= 4 is 5.69 Å². The molecule has 0 saturated carbocycles. The summed E-state index contributed by atoms with van der Waals surface area (Å²) in [5, 5.41) is 3.27. The third-order valence-electron chi connectivity index (χ3n) is 2.67. The molecular formula is C11H16FN3. The van der Waals surface area contributed by atoms with Crippen LogP contribution in [0.3, 0.4) is 0 Å². The van der Waals surface area contributed by atoms with Gasteiger partial charge in [0.05, 0.1) is 0 Å². The summed E-state index contributed by atoms with van der Waals surface area (Å²) >= 11 is 0. The molecule has 1 fully saturated rings. The monoisotopic (exact) mass is 209 g/mol. The van der Waals surface area contributed by atoms with E-state index < -0.39 is 0 Å². The number of nitrogens with two attached hydrogens (primary N) is 1. The standard InChI is InChI=1S/C11H16FN3/c12-11-2-1-10(13)7-9(11)8-15-5-3-14-4-6-15/h1-2,7,14H,3-6,8,13H2. The zero-order valence-corrected chi connectivity index (χ0v) is 8.67. The lowest BCUT2D eigenvalue weighted by Crippen LogP contribution is -2.43. The van der Waals surface area contributed by atoms with Gasteiger partial charge in [0.25, 0.3) is 0 Å². The van der Waals surface area contributed by atoms with Crippen LogP contribution in [0.1, 0.15) is 5.56 Å². The van der Waals surface area contributed by atoms with Crippen molar-refractivity contribution in [1.82, 2.24) is 10.2 Å². The zero-order valence-electron chi connectivity index (χ0n) is 8.67. The zero-order chi connectivity index (χ0) is 10.7. The molecule has 0 unspecified atom stereocenters. The summed E-state index contributed by atoms with van der Waals surface area (Å²) in [5.41, 5.74) is 6.95. The average molecular weight is 209 g/mol. The van der Waals surface area contributed by atoms with E-state index in [0.717, 1.165) is 26.2 Å². The molecule has 1 saturated heterocycles. The molecule has 1 aromatic rings. The molecule has 4 heteroatoms. The maximum Gasteiger partial charge on any atom is 0.127 e. The summed E-state index contributed by atoms with van der Waals surface area (Å²) in [7, 11) is 0. The van der Waals surface area contributed by atoms with E-state index in [4.69, 9.17) is 5.73 Å². The molecule has 0 radical (unpaired) electrons. The Kier molecular flexibility index (Phi) is 3.18. The number of nitrogens with one attached hydrogen (secondary N) is 1. The van der Waals surface area contributed by atoms with Gasteiger partial charge in [-0.15, -0.1) is 0 Å². The molecule has 0 amide bonds. The van der Waals surface area contributed by atoms with Crippen LogP contribution in [0.15, 0.2) is 18.2 Å². The lowest BCUT2D eigenvalue weighted by Gasteiger charge is -2.27. The van der Waals surface area contributed by atoms with Gasteiger partial charge in [-0.25, -0.2) is 4.39 Å². The summed E-state index contributed by atoms with van der Waals surface area (Å²) in [6.07, 6.45) is 0. The molecule has 2 rings (SSSR count). The van der Waals surface area contributed by atoms with Crippen LogP contribution in [-0.2, 0) is 6.54 Å². The first kappa shape index (κ1) is 10.4. The lowest BCUT2D eigenvalue weighted by atomic mass is 10.1. The Hall–Kier alpha value is -1.13. The Balaban J connectivity index is 2.05. The van der Waals surface area contributed by atoms with Crippen LogP contribution < -0.4 is 11.1 Å². The van der Waals surface area contributed by atoms with Crippen molar-refractivity contribution in [1.29, 1.82) is 0 Å². The minimum absolute atomic E-state index is 0.164. The highest BCUT2D eigenvalue weighted by Crippen LogP contribution is 2.14. The van der Waals surface area contributed by atoms with Crippen molar-refractivity contribution in [3.63, 3.8) is 0 Å². The van der Waals surface area contributed by atoms with Gasteiger partial charge >= 0.3 is 0 Å².